The van der Waals surface area contributed by atoms with Gasteiger partial charge in [-0.25, -0.2) is 13.2 Å². The van der Waals surface area contributed by atoms with Gasteiger partial charge in [0.25, 0.3) is 5.91 Å². The first kappa shape index (κ1) is 32.7. The van der Waals surface area contributed by atoms with Gasteiger partial charge in [0.15, 0.2) is 16.9 Å². The molecule has 1 aliphatic rings. The lowest BCUT2D eigenvalue weighted by molar-refractivity contribution is -0.150. The highest BCUT2D eigenvalue weighted by atomic mass is 35.5. The summed E-state index contributed by atoms with van der Waals surface area (Å²) in [5.74, 6) is -2.18. The van der Waals surface area contributed by atoms with Gasteiger partial charge in [-0.05, 0) is 41.5 Å². The molecule has 1 saturated heterocycles. The van der Waals surface area contributed by atoms with Gasteiger partial charge in [-0.1, -0.05) is 35.3 Å². The summed E-state index contributed by atoms with van der Waals surface area (Å²) in [7, 11) is -1.18. The molecule has 43 heavy (non-hydrogen) atoms. The highest BCUT2D eigenvalue weighted by Crippen LogP contribution is 2.37. The maximum atomic E-state index is 13.6. The lowest BCUT2D eigenvalue weighted by Gasteiger charge is -2.26. The predicted molar refractivity (Wildman–Crippen MR) is 156 cm³/mol. The van der Waals surface area contributed by atoms with Crippen molar-refractivity contribution in [3.05, 3.63) is 81.6 Å². The van der Waals surface area contributed by atoms with E-state index in [1.165, 1.54) is 61.7 Å². The summed E-state index contributed by atoms with van der Waals surface area (Å²) in [6, 6.07) is 8.96. The largest absolute Gasteiger partial charge is 0.504 e. The molecule has 10 nitrogen and oxygen atoms in total. The van der Waals surface area contributed by atoms with Crippen molar-refractivity contribution in [1.29, 1.82) is 0 Å². The minimum atomic E-state index is -4.25. The van der Waals surface area contributed by atoms with Crippen LogP contribution in [0.2, 0.25) is 10.0 Å². The molecule has 1 amide bonds. The first-order chi connectivity index (χ1) is 20.3. The van der Waals surface area contributed by atoms with Gasteiger partial charge in [0.05, 0.1) is 14.9 Å². The number of alkyl halides is 2. The molecule has 16 heteroatoms. The fourth-order valence-corrected chi connectivity index (χ4v) is 7.86. The van der Waals surface area contributed by atoms with Crippen LogP contribution in [0.3, 0.4) is 0 Å². The lowest BCUT2D eigenvalue weighted by atomic mass is 10.0. The highest BCUT2D eigenvalue weighted by molar-refractivity contribution is 8.02. The quantitative estimate of drug-likeness (QED) is 0.296. The summed E-state index contributed by atoms with van der Waals surface area (Å²) in [5.41, 5.74) is 0.667. The summed E-state index contributed by atoms with van der Waals surface area (Å²) >= 11 is 13.6. The Bertz CT molecular complexity index is 1610. The third-order valence-electron chi connectivity index (χ3n) is 6.32. The number of thioether (sulfide) groups is 1. The monoisotopic (exact) mass is 675 g/mol. The van der Waals surface area contributed by atoms with Gasteiger partial charge in [0, 0.05) is 50.8 Å². The number of pyridine rings is 1. The first-order valence-corrected chi connectivity index (χ1v) is 15.7. The number of esters is 1. The van der Waals surface area contributed by atoms with Crippen LogP contribution in [0.5, 0.6) is 11.5 Å². The van der Waals surface area contributed by atoms with Crippen molar-refractivity contribution < 1.29 is 41.4 Å². The van der Waals surface area contributed by atoms with E-state index >= 15 is 0 Å². The maximum absolute atomic E-state index is 13.6. The van der Waals surface area contributed by atoms with Crippen LogP contribution >= 0.6 is 35.0 Å². The molecule has 2 heterocycles. The molecule has 4 rings (SSSR count). The minimum absolute atomic E-state index is 0.00818. The minimum Gasteiger partial charge on any atom is -0.504 e. The van der Waals surface area contributed by atoms with Crippen LogP contribution < -0.4 is 4.74 Å². The molecule has 2 aromatic carbocycles. The Kier molecular flexibility index (Phi) is 10.4. The number of sulfonamides is 1. The van der Waals surface area contributed by atoms with Crippen molar-refractivity contribution >= 4 is 56.9 Å². The van der Waals surface area contributed by atoms with E-state index in [0.717, 1.165) is 28.2 Å². The fraction of sp³-hybridized carbons (Fsp3) is 0.296. The van der Waals surface area contributed by atoms with E-state index in [-0.39, 0.29) is 44.8 Å². The van der Waals surface area contributed by atoms with E-state index in [4.69, 9.17) is 27.9 Å². The number of nitrogens with zero attached hydrogens (tertiary/aromatic N) is 3. The van der Waals surface area contributed by atoms with Crippen LogP contribution in [0.4, 0.5) is 8.78 Å². The summed E-state index contributed by atoms with van der Waals surface area (Å²) in [6.45, 7) is -3.19. The van der Waals surface area contributed by atoms with Crippen molar-refractivity contribution in [1.82, 2.24) is 14.2 Å². The molecule has 1 N–H and O–H groups in total. The number of halogens is 4. The predicted octanol–water partition coefficient (Wildman–Crippen LogP) is 4.99. The molecule has 0 radical (unpaired) electrons. The molecule has 2 atom stereocenters. The zero-order valence-electron chi connectivity index (χ0n) is 22.6. The van der Waals surface area contributed by atoms with E-state index in [1.807, 2.05) is 0 Å². The van der Waals surface area contributed by atoms with Gasteiger partial charge in [-0.2, -0.15) is 13.1 Å². The number of carbonyl (C=O) groups excluding carboxylic acids is 2. The van der Waals surface area contributed by atoms with Crippen LogP contribution in [0.1, 0.15) is 27.6 Å². The molecule has 0 spiro atoms. The summed E-state index contributed by atoms with van der Waals surface area (Å²) in [5, 5.41) is 9.32. The Morgan fingerprint density at radius 3 is 2.49 bits per heavy atom. The Morgan fingerprint density at radius 2 is 1.86 bits per heavy atom. The van der Waals surface area contributed by atoms with Crippen LogP contribution in [0, 0.1) is 0 Å². The van der Waals surface area contributed by atoms with Crippen LogP contribution in [-0.2, 0) is 26.0 Å². The number of amides is 1. The molecule has 1 aromatic heterocycles. The van der Waals surface area contributed by atoms with E-state index in [2.05, 4.69) is 9.72 Å². The van der Waals surface area contributed by atoms with Crippen molar-refractivity contribution in [2.75, 3.05) is 26.4 Å². The third-order valence-corrected chi connectivity index (χ3v) is 10.1. The Morgan fingerprint density at radius 1 is 1.16 bits per heavy atom. The lowest BCUT2D eigenvalue weighted by Crippen LogP contribution is -2.40. The number of ether oxygens (including phenoxy) is 2. The second kappa shape index (κ2) is 13.6. The molecule has 3 aromatic rings. The number of benzene rings is 2. The normalized spacial score (nSPS) is 16.2. The number of aromatic hydroxyl groups is 1. The number of hydrogen-bond donors (Lipinski definition) is 1. The van der Waals surface area contributed by atoms with Gasteiger partial charge in [0.1, 0.15) is 6.10 Å². The van der Waals surface area contributed by atoms with Crippen LogP contribution in [0.25, 0.3) is 0 Å². The standard InChI is InChI=1S/C27H25Cl2F2N3O7S2/c1-33(2)24(36)16-4-3-5-17(10-16)43(38,39)34-8-9-42-25(34)26(37)40-23(12-18-19(28)13-32-14-20(18)29)15-6-7-22(21(35)11-15)41-27(30)31/h3-7,10-11,13-14,23,25,27,35H,8-9,12H2,1-2H3/t23-,25-/m0/s1. The van der Waals surface area contributed by atoms with Gasteiger partial charge in [-0.15, -0.1) is 11.8 Å². The zero-order chi connectivity index (χ0) is 31.5. The third kappa shape index (κ3) is 7.50. The smallest absolute Gasteiger partial charge is 0.387 e. The van der Waals surface area contributed by atoms with Crippen molar-refractivity contribution in [2.45, 2.75) is 29.4 Å². The second-order valence-electron chi connectivity index (χ2n) is 9.38. The number of rotatable bonds is 10. The van der Waals surface area contributed by atoms with Crippen molar-refractivity contribution in [2.24, 2.45) is 0 Å². The number of hydrogen-bond acceptors (Lipinski definition) is 9. The van der Waals surface area contributed by atoms with Crippen LogP contribution in [-0.4, -0.2) is 78.0 Å². The topological polar surface area (TPSA) is 126 Å². The van der Waals surface area contributed by atoms with Gasteiger partial charge >= 0.3 is 12.6 Å². The Labute approximate surface area is 260 Å². The Hall–Kier alpha value is -3.17. The second-order valence-corrected chi connectivity index (χ2v) is 13.3. The van der Waals surface area contributed by atoms with Crippen LogP contribution in [0.15, 0.2) is 59.8 Å². The average molecular weight is 677 g/mol. The molecular weight excluding hydrogens is 651 g/mol. The number of aromatic nitrogens is 1. The Balaban J connectivity index is 1.65. The molecule has 0 aliphatic carbocycles. The summed E-state index contributed by atoms with van der Waals surface area (Å²) < 4.78 is 63.8. The molecule has 0 unspecified atom stereocenters. The van der Waals surface area contributed by atoms with E-state index < -0.39 is 51.5 Å². The highest BCUT2D eigenvalue weighted by Gasteiger charge is 2.42. The van der Waals surface area contributed by atoms with Crippen molar-refractivity contribution in [3.8, 4) is 11.5 Å². The first-order valence-electron chi connectivity index (χ1n) is 12.5. The molecule has 0 bridgehead atoms. The number of phenols is 1. The SMILES string of the molecule is CN(C)C(=O)c1cccc(S(=O)(=O)N2CCS[C@H]2C(=O)O[C@@H](Cc2c(Cl)cncc2Cl)c2ccc(OC(F)F)c(O)c2)c1. The summed E-state index contributed by atoms with van der Waals surface area (Å²) in [6.07, 6.45) is 1.34. The zero-order valence-corrected chi connectivity index (χ0v) is 25.8. The van der Waals surface area contributed by atoms with Gasteiger partial charge < -0.3 is 19.5 Å². The molecule has 1 fully saturated rings. The van der Waals surface area contributed by atoms with Crippen molar-refractivity contribution in [3.63, 3.8) is 0 Å². The van der Waals surface area contributed by atoms with E-state index in [1.54, 1.807) is 0 Å². The molecule has 0 saturated carbocycles. The summed E-state index contributed by atoms with van der Waals surface area (Å²) in [4.78, 5) is 31.0. The molecule has 1 aliphatic heterocycles. The number of carbonyl (C=O) groups is 2. The average Bonchev–Trinajstić information content (AvgIpc) is 3.46. The van der Waals surface area contributed by atoms with Gasteiger partial charge in [0.2, 0.25) is 10.0 Å². The fourth-order valence-electron chi connectivity index (χ4n) is 4.24. The van der Waals surface area contributed by atoms with Gasteiger partial charge in [-0.3, -0.25) is 9.78 Å². The maximum Gasteiger partial charge on any atom is 0.387 e. The van der Waals surface area contributed by atoms with E-state index in [0.29, 0.717) is 5.56 Å². The molecular formula is C27H25Cl2F2N3O7S2. The number of phenolic OH excluding ortho intramolecular Hbond substituents is 1. The molecule has 230 valence electrons. The van der Waals surface area contributed by atoms with E-state index in [9.17, 15) is 31.9 Å².